The number of hydrogen-bond donors (Lipinski definition) is 4. The predicted molar refractivity (Wildman–Crippen MR) is 106 cm³/mol. The highest BCUT2D eigenvalue weighted by atomic mass is 16.5. The highest BCUT2D eigenvalue weighted by Crippen LogP contribution is 2.64. The number of benzene rings is 2. The third-order valence-corrected chi connectivity index (χ3v) is 7.70. The summed E-state index contributed by atoms with van der Waals surface area (Å²) in [6.45, 7) is 1.64. The van der Waals surface area contributed by atoms with Crippen molar-refractivity contribution in [2.75, 3.05) is 6.54 Å². The van der Waals surface area contributed by atoms with Crippen LogP contribution in [0.25, 0.3) is 0 Å². The second-order valence-electron chi connectivity index (χ2n) is 8.85. The van der Waals surface area contributed by atoms with Gasteiger partial charge in [0.15, 0.2) is 11.5 Å². The molecule has 2 fully saturated rings. The largest absolute Gasteiger partial charge is 0.504 e. The van der Waals surface area contributed by atoms with E-state index in [9.17, 15) is 10.2 Å². The van der Waals surface area contributed by atoms with Crippen molar-refractivity contribution in [3.8, 4) is 11.5 Å². The second kappa shape index (κ2) is 5.72. The molecule has 1 saturated heterocycles. The van der Waals surface area contributed by atoms with Crippen LogP contribution >= 0.6 is 0 Å². The zero-order chi connectivity index (χ0) is 18.9. The molecular weight excluding hydrogens is 352 g/mol. The van der Waals surface area contributed by atoms with Gasteiger partial charge in [0.05, 0.1) is 11.0 Å². The number of hydrogen-bond acceptors (Lipinski definition) is 5. The van der Waals surface area contributed by atoms with E-state index in [0.717, 1.165) is 44.3 Å². The molecule has 1 saturated carbocycles. The summed E-state index contributed by atoms with van der Waals surface area (Å²) < 4.78 is 6.48. The molecular formula is C23H26N2O3. The van der Waals surface area contributed by atoms with E-state index in [4.69, 9.17) is 4.74 Å². The van der Waals surface area contributed by atoms with Crippen LogP contribution in [0.4, 0.5) is 0 Å². The van der Waals surface area contributed by atoms with E-state index in [-0.39, 0.29) is 23.9 Å². The van der Waals surface area contributed by atoms with Gasteiger partial charge in [-0.1, -0.05) is 36.4 Å². The Balaban J connectivity index is 1.43. The van der Waals surface area contributed by atoms with Gasteiger partial charge in [-0.25, -0.2) is 0 Å². The van der Waals surface area contributed by atoms with Crippen LogP contribution in [0.15, 0.2) is 42.5 Å². The molecule has 5 nitrogen and oxygen atoms in total. The summed E-state index contributed by atoms with van der Waals surface area (Å²) in [7, 11) is 0. The predicted octanol–water partition coefficient (Wildman–Crippen LogP) is 1.99. The summed E-state index contributed by atoms with van der Waals surface area (Å²) in [6.07, 6.45) is 3.06. The zero-order valence-corrected chi connectivity index (χ0v) is 15.8. The topological polar surface area (TPSA) is 73.8 Å². The molecule has 0 aromatic heterocycles. The van der Waals surface area contributed by atoms with E-state index in [1.165, 1.54) is 11.1 Å². The Bertz CT molecular complexity index is 933. The summed E-state index contributed by atoms with van der Waals surface area (Å²) in [5, 5.41) is 29.8. The van der Waals surface area contributed by atoms with Crippen molar-refractivity contribution in [3.05, 3.63) is 59.2 Å². The summed E-state index contributed by atoms with van der Waals surface area (Å²) in [5.41, 5.74) is 2.25. The van der Waals surface area contributed by atoms with Crippen molar-refractivity contribution < 1.29 is 14.9 Å². The van der Waals surface area contributed by atoms with Gasteiger partial charge in [0.2, 0.25) is 0 Å². The van der Waals surface area contributed by atoms with Crippen LogP contribution in [0.3, 0.4) is 0 Å². The average molecular weight is 378 g/mol. The van der Waals surface area contributed by atoms with Gasteiger partial charge >= 0.3 is 0 Å². The van der Waals surface area contributed by atoms with Gasteiger partial charge in [-0.15, -0.1) is 0 Å². The molecule has 146 valence electrons. The first-order valence-corrected chi connectivity index (χ1v) is 10.4. The number of phenols is 1. The molecule has 5 heteroatoms. The lowest BCUT2D eigenvalue weighted by atomic mass is 9.49. The first-order chi connectivity index (χ1) is 13.6. The van der Waals surface area contributed by atoms with Gasteiger partial charge in [0.25, 0.3) is 0 Å². The molecule has 2 aliphatic carbocycles. The summed E-state index contributed by atoms with van der Waals surface area (Å²) in [6, 6.07) is 14.3. The van der Waals surface area contributed by atoms with Gasteiger partial charge < -0.3 is 25.6 Å². The van der Waals surface area contributed by atoms with Crippen LogP contribution in [0, 0.1) is 0 Å². The fraction of sp³-hybridized carbons (Fsp3) is 0.478. The maximum atomic E-state index is 12.0. The first-order valence-electron chi connectivity index (χ1n) is 10.4. The Morgan fingerprint density at radius 3 is 2.86 bits per heavy atom. The second-order valence-corrected chi connectivity index (χ2v) is 8.85. The Morgan fingerprint density at radius 2 is 2.00 bits per heavy atom. The SMILES string of the molecule is Oc1ccc2c3c1O[C@H]1[C@@H](NCc4ccccc4)CC[C@@]4(O)[C@@H](C2)NCC[C@]314. The molecule has 2 aromatic carbocycles. The van der Waals surface area contributed by atoms with E-state index >= 15 is 0 Å². The van der Waals surface area contributed by atoms with Crippen molar-refractivity contribution in [2.24, 2.45) is 0 Å². The molecule has 6 rings (SSSR count). The van der Waals surface area contributed by atoms with Crippen molar-refractivity contribution in [1.82, 2.24) is 10.6 Å². The minimum absolute atomic E-state index is 0.0467. The molecule has 1 spiro atoms. The van der Waals surface area contributed by atoms with E-state index in [2.05, 4.69) is 34.9 Å². The molecule has 0 amide bonds. The summed E-state index contributed by atoms with van der Waals surface area (Å²) in [4.78, 5) is 0. The van der Waals surface area contributed by atoms with Crippen molar-refractivity contribution in [2.45, 2.75) is 61.4 Å². The smallest absolute Gasteiger partial charge is 0.165 e. The number of rotatable bonds is 3. The summed E-state index contributed by atoms with van der Waals surface area (Å²) >= 11 is 0. The summed E-state index contributed by atoms with van der Waals surface area (Å²) in [5.74, 6) is 0.804. The van der Waals surface area contributed by atoms with Crippen LogP contribution in [0.5, 0.6) is 11.5 Å². The minimum atomic E-state index is -0.827. The van der Waals surface area contributed by atoms with Crippen LogP contribution < -0.4 is 15.4 Å². The maximum absolute atomic E-state index is 12.0. The Hall–Kier alpha value is -2.08. The van der Waals surface area contributed by atoms with Crippen LogP contribution in [0.1, 0.15) is 36.0 Å². The molecule has 2 aliphatic heterocycles. The van der Waals surface area contributed by atoms with Crippen LogP contribution in [-0.4, -0.2) is 40.5 Å². The number of nitrogens with one attached hydrogen (secondary N) is 2. The van der Waals surface area contributed by atoms with E-state index < -0.39 is 11.0 Å². The molecule has 2 heterocycles. The molecule has 2 aromatic rings. The molecule has 2 bridgehead atoms. The molecule has 4 N–H and O–H groups in total. The van der Waals surface area contributed by atoms with Gasteiger partial charge in [0, 0.05) is 24.2 Å². The fourth-order valence-corrected chi connectivity index (χ4v) is 6.50. The van der Waals surface area contributed by atoms with E-state index in [1.54, 1.807) is 6.07 Å². The minimum Gasteiger partial charge on any atom is -0.504 e. The average Bonchev–Trinajstić information content (AvgIpc) is 3.05. The number of phenolic OH excluding ortho intramolecular Hbond substituents is 1. The zero-order valence-electron chi connectivity index (χ0n) is 15.8. The normalized spacial score (nSPS) is 37.2. The van der Waals surface area contributed by atoms with Crippen LogP contribution in [-0.2, 0) is 18.4 Å². The van der Waals surface area contributed by atoms with E-state index in [1.807, 2.05) is 12.1 Å². The maximum Gasteiger partial charge on any atom is 0.165 e. The lowest BCUT2D eigenvalue weighted by Crippen LogP contribution is -2.77. The first kappa shape index (κ1) is 16.8. The Kier molecular flexibility index (Phi) is 3.44. The lowest BCUT2D eigenvalue weighted by Gasteiger charge is -2.61. The Labute approximate surface area is 164 Å². The lowest BCUT2D eigenvalue weighted by molar-refractivity contribution is -0.157. The van der Waals surface area contributed by atoms with E-state index in [0.29, 0.717) is 5.75 Å². The number of aromatic hydroxyl groups is 1. The monoisotopic (exact) mass is 378 g/mol. The number of aliphatic hydroxyl groups is 1. The highest BCUT2D eigenvalue weighted by molar-refractivity contribution is 5.62. The van der Waals surface area contributed by atoms with Crippen LogP contribution in [0.2, 0.25) is 0 Å². The quantitative estimate of drug-likeness (QED) is 0.657. The van der Waals surface area contributed by atoms with Gasteiger partial charge in [-0.3, -0.25) is 0 Å². The standard InChI is InChI=1S/C23H26N2O3/c26-17-7-6-15-12-18-23(27)9-8-16(25-13-14-4-2-1-3-5-14)21-22(23,10-11-24-18)19(15)20(17)28-21/h1-7,16,18,21,24-27H,8-13H2/t16-,18+,21-,22-,23+/m0/s1. The van der Waals surface area contributed by atoms with Gasteiger partial charge in [-0.05, 0) is 49.4 Å². The molecule has 4 aliphatic rings. The number of ether oxygens (including phenoxy) is 1. The van der Waals surface area contributed by atoms with Crippen molar-refractivity contribution >= 4 is 0 Å². The third kappa shape index (κ3) is 1.97. The highest BCUT2D eigenvalue weighted by Gasteiger charge is 2.71. The fourth-order valence-electron chi connectivity index (χ4n) is 6.50. The third-order valence-electron chi connectivity index (χ3n) is 7.70. The van der Waals surface area contributed by atoms with Crippen molar-refractivity contribution in [1.29, 1.82) is 0 Å². The Morgan fingerprint density at radius 1 is 1.14 bits per heavy atom. The molecule has 0 unspecified atom stereocenters. The van der Waals surface area contributed by atoms with Gasteiger partial charge in [-0.2, -0.15) is 0 Å². The van der Waals surface area contributed by atoms with Crippen molar-refractivity contribution in [3.63, 3.8) is 0 Å². The molecule has 5 atom stereocenters. The van der Waals surface area contributed by atoms with Gasteiger partial charge in [0.1, 0.15) is 6.10 Å². The molecule has 0 radical (unpaired) electrons. The molecule has 28 heavy (non-hydrogen) atoms. The number of piperidine rings is 1.